The number of benzene rings is 1. The summed E-state index contributed by atoms with van der Waals surface area (Å²) in [6.07, 6.45) is 5.31. The number of hydrogen-bond acceptors (Lipinski definition) is 2. The van der Waals surface area contributed by atoms with Crippen molar-refractivity contribution >= 4 is 29.1 Å². The number of halogens is 3. The predicted molar refractivity (Wildman–Crippen MR) is 96.9 cm³/mol. The third kappa shape index (κ3) is 2.67. The molecule has 1 N–H and O–H groups in total. The van der Waals surface area contributed by atoms with Gasteiger partial charge in [-0.2, -0.15) is 0 Å². The van der Waals surface area contributed by atoms with Gasteiger partial charge in [-0.15, -0.1) is 0 Å². The highest BCUT2D eigenvalue weighted by Crippen LogP contribution is 2.65. The van der Waals surface area contributed by atoms with E-state index in [9.17, 15) is 18.4 Å². The van der Waals surface area contributed by atoms with Gasteiger partial charge in [0.25, 0.3) is 11.8 Å². The molecule has 144 valence electrons. The van der Waals surface area contributed by atoms with E-state index in [1.165, 1.54) is 12.5 Å². The van der Waals surface area contributed by atoms with Crippen molar-refractivity contribution in [2.45, 2.75) is 38.0 Å². The molecular weight excluding hydrogens is 374 g/mol. The van der Waals surface area contributed by atoms with Crippen LogP contribution in [0.4, 0.5) is 14.5 Å². The van der Waals surface area contributed by atoms with Crippen LogP contribution in [0.25, 0.3) is 0 Å². The van der Waals surface area contributed by atoms with Gasteiger partial charge in [0.1, 0.15) is 0 Å². The average molecular weight is 395 g/mol. The Labute approximate surface area is 161 Å². The second kappa shape index (κ2) is 5.66. The Morgan fingerprint density at radius 1 is 1.11 bits per heavy atom. The molecule has 4 bridgehead atoms. The van der Waals surface area contributed by atoms with Crippen LogP contribution in [0.3, 0.4) is 0 Å². The predicted octanol–water partition coefficient (Wildman–Crippen LogP) is 4.20. The zero-order chi connectivity index (χ0) is 19.0. The number of rotatable bonds is 3. The highest BCUT2D eigenvalue weighted by molar-refractivity contribution is 6.31. The summed E-state index contributed by atoms with van der Waals surface area (Å²) in [5, 5.41) is 3.34. The molecule has 2 unspecified atom stereocenters. The zero-order valence-electron chi connectivity index (χ0n) is 14.8. The molecule has 0 spiro atoms. The molecule has 2 atom stereocenters. The second-order valence-electron chi connectivity index (χ2n) is 8.86. The molecule has 0 aromatic heterocycles. The normalized spacial score (nSPS) is 35.2. The molecule has 5 fully saturated rings. The van der Waals surface area contributed by atoms with Gasteiger partial charge in [-0.25, -0.2) is 8.78 Å². The van der Waals surface area contributed by atoms with Gasteiger partial charge in [0.2, 0.25) is 5.91 Å². The van der Waals surface area contributed by atoms with Crippen molar-refractivity contribution in [1.82, 2.24) is 4.90 Å². The number of amides is 2. The molecule has 1 aliphatic heterocycles. The number of carbonyl (C=O) groups excluding carboxylic acids is 2. The summed E-state index contributed by atoms with van der Waals surface area (Å²) in [4.78, 5) is 27.0. The molecule has 27 heavy (non-hydrogen) atoms. The van der Waals surface area contributed by atoms with Crippen molar-refractivity contribution in [2.75, 3.05) is 18.4 Å². The zero-order valence-corrected chi connectivity index (χ0v) is 15.6. The van der Waals surface area contributed by atoms with Crippen molar-refractivity contribution in [3.05, 3.63) is 28.8 Å². The fourth-order valence-electron chi connectivity index (χ4n) is 6.05. The number of nitrogens with zero attached hydrogens (tertiary/aromatic N) is 1. The summed E-state index contributed by atoms with van der Waals surface area (Å²) in [5.74, 6) is -1.67. The van der Waals surface area contributed by atoms with Crippen LogP contribution in [-0.2, 0) is 4.79 Å². The first-order chi connectivity index (χ1) is 12.8. The first-order valence-electron chi connectivity index (χ1n) is 9.54. The van der Waals surface area contributed by atoms with Gasteiger partial charge in [0.05, 0.1) is 29.8 Å². The van der Waals surface area contributed by atoms with E-state index < -0.39 is 24.9 Å². The van der Waals surface area contributed by atoms with Crippen LogP contribution in [0.15, 0.2) is 18.2 Å². The summed E-state index contributed by atoms with van der Waals surface area (Å²) in [5.41, 5.74) is 0.214. The number of nitrogens with one attached hydrogen (secondary N) is 1. The number of carbonyl (C=O) groups is 2. The Kier molecular flexibility index (Phi) is 3.65. The van der Waals surface area contributed by atoms with E-state index >= 15 is 0 Å². The summed E-state index contributed by atoms with van der Waals surface area (Å²) >= 11 is 6.08. The maximum absolute atomic E-state index is 13.2. The lowest BCUT2D eigenvalue weighted by Crippen LogP contribution is -2.58. The van der Waals surface area contributed by atoms with Crippen LogP contribution >= 0.6 is 11.6 Å². The van der Waals surface area contributed by atoms with Crippen LogP contribution < -0.4 is 5.32 Å². The van der Waals surface area contributed by atoms with Crippen LogP contribution in [0.5, 0.6) is 0 Å². The molecule has 1 heterocycles. The fourth-order valence-corrected chi connectivity index (χ4v) is 6.22. The second-order valence-corrected chi connectivity index (χ2v) is 9.30. The summed E-state index contributed by atoms with van der Waals surface area (Å²) in [6, 6.07) is 4.59. The van der Waals surface area contributed by atoms with Gasteiger partial charge in [0.15, 0.2) is 0 Å². The minimum Gasteiger partial charge on any atom is -0.326 e. The standard InChI is InChI=1S/C20H21ClF2N2O2/c21-14-1-2-15(17(26)25-9-20(22,23)10-25)16(6-14)24-18(27)19-7-11-3-12(8-19)5-13(19)4-11/h1-2,6,11-13H,3-5,7-10H2,(H,24,27). The number of hydrogen-bond donors (Lipinski definition) is 1. The van der Waals surface area contributed by atoms with Crippen molar-refractivity contribution in [3.63, 3.8) is 0 Å². The molecule has 5 aliphatic rings. The van der Waals surface area contributed by atoms with Gasteiger partial charge in [-0.05, 0) is 68.1 Å². The van der Waals surface area contributed by atoms with E-state index in [4.69, 9.17) is 11.6 Å². The molecule has 1 saturated heterocycles. The van der Waals surface area contributed by atoms with Crippen LogP contribution in [0.2, 0.25) is 5.02 Å². The third-order valence-corrected chi connectivity index (χ3v) is 7.27. The average Bonchev–Trinajstić information content (AvgIpc) is 2.97. The Morgan fingerprint density at radius 3 is 2.41 bits per heavy atom. The first-order valence-corrected chi connectivity index (χ1v) is 9.92. The highest BCUT2D eigenvalue weighted by atomic mass is 35.5. The minimum absolute atomic E-state index is 0.0394. The van der Waals surface area contributed by atoms with Crippen LogP contribution in [-0.4, -0.2) is 35.7 Å². The molecule has 4 saturated carbocycles. The monoisotopic (exact) mass is 394 g/mol. The van der Waals surface area contributed by atoms with Crippen molar-refractivity contribution in [1.29, 1.82) is 0 Å². The molecule has 0 radical (unpaired) electrons. The van der Waals surface area contributed by atoms with E-state index in [-0.39, 0.29) is 16.9 Å². The lowest BCUT2D eigenvalue weighted by Gasteiger charge is -2.39. The summed E-state index contributed by atoms with van der Waals surface area (Å²) < 4.78 is 26.3. The summed E-state index contributed by atoms with van der Waals surface area (Å²) in [6.45, 7) is -1.17. The van der Waals surface area contributed by atoms with Gasteiger partial charge in [0, 0.05) is 5.02 Å². The molecule has 2 amide bonds. The Morgan fingerprint density at radius 2 is 1.78 bits per heavy atom. The number of anilines is 1. The molecule has 4 aliphatic carbocycles. The first kappa shape index (κ1) is 17.4. The lowest BCUT2D eigenvalue weighted by molar-refractivity contribution is -0.127. The maximum atomic E-state index is 13.2. The molecule has 1 aromatic rings. The third-order valence-electron chi connectivity index (χ3n) is 7.03. The maximum Gasteiger partial charge on any atom is 0.282 e. The highest BCUT2D eigenvalue weighted by Gasteiger charge is 2.61. The van der Waals surface area contributed by atoms with Gasteiger partial charge >= 0.3 is 0 Å². The Balaban J connectivity index is 1.40. The van der Waals surface area contributed by atoms with Crippen molar-refractivity contribution < 1.29 is 18.4 Å². The topological polar surface area (TPSA) is 49.4 Å². The molecule has 1 aromatic carbocycles. The lowest BCUT2D eigenvalue weighted by atomic mass is 9.75. The Bertz CT molecular complexity index is 821. The van der Waals surface area contributed by atoms with Gasteiger partial charge in [-0.1, -0.05) is 11.6 Å². The fraction of sp³-hybridized carbons (Fsp3) is 0.600. The quantitative estimate of drug-likeness (QED) is 0.835. The summed E-state index contributed by atoms with van der Waals surface area (Å²) in [7, 11) is 0. The number of likely N-dealkylation sites (tertiary alicyclic amines) is 1. The largest absolute Gasteiger partial charge is 0.326 e. The van der Waals surface area contributed by atoms with E-state index in [1.807, 2.05) is 0 Å². The number of alkyl halides is 2. The van der Waals surface area contributed by atoms with Gasteiger partial charge < -0.3 is 10.2 Å². The van der Waals surface area contributed by atoms with Crippen molar-refractivity contribution in [2.24, 2.45) is 23.2 Å². The molecule has 4 nitrogen and oxygen atoms in total. The van der Waals surface area contributed by atoms with E-state index in [0.29, 0.717) is 28.5 Å². The van der Waals surface area contributed by atoms with Gasteiger partial charge in [-0.3, -0.25) is 9.59 Å². The Hall–Kier alpha value is -1.69. The smallest absolute Gasteiger partial charge is 0.282 e. The SMILES string of the molecule is O=C(c1ccc(Cl)cc1NC(=O)C12CC3CC(CC1C3)C2)N1CC(F)(F)C1. The van der Waals surface area contributed by atoms with Crippen LogP contribution in [0.1, 0.15) is 42.5 Å². The molecule has 7 heteroatoms. The minimum atomic E-state index is -2.83. The van der Waals surface area contributed by atoms with E-state index in [2.05, 4.69) is 5.32 Å². The van der Waals surface area contributed by atoms with E-state index in [1.54, 1.807) is 12.1 Å². The van der Waals surface area contributed by atoms with E-state index in [0.717, 1.165) is 30.6 Å². The van der Waals surface area contributed by atoms with Crippen molar-refractivity contribution in [3.8, 4) is 0 Å². The van der Waals surface area contributed by atoms with Crippen LogP contribution in [0, 0.1) is 23.2 Å². The molecular formula is C20H21ClF2N2O2. The molecule has 6 rings (SSSR count).